The van der Waals surface area contributed by atoms with Gasteiger partial charge in [0.1, 0.15) is 5.82 Å². The molecule has 2 aromatic carbocycles. The van der Waals surface area contributed by atoms with Crippen LogP contribution < -0.4 is 0 Å². The van der Waals surface area contributed by atoms with Gasteiger partial charge in [-0.15, -0.1) is 0 Å². The van der Waals surface area contributed by atoms with Gasteiger partial charge in [0.25, 0.3) is 0 Å². The number of fused-ring (bicyclic) bond motifs is 1. The number of hydrogen-bond acceptors (Lipinski definition) is 1. The van der Waals surface area contributed by atoms with Crippen molar-refractivity contribution < 1.29 is 9.18 Å². The Morgan fingerprint density at radius 3 is 2.55 bits per heavy atom. The van der Waals surface area contributed by atoms with Gasteiger partial charge in [0.2, 0.25) is 0 Å². The summed E-state index contributed by atoms with van der Waals surface area (Å²) < 4.78 is 13.0. The molecule has 3 heteroatoms. The highest BCUT2D eigenvalue weighted by atomic mass is 19.1. The van der Waals surface area contributed by atoms with Crippen LogP contribution in [0.1, 0.15) is 22.8 Å². The summed E-state index contributed by atoms with van der Waals surface area (Å²) in [4.78, 5) is 14.7. The van der Waals surface area contributed by atoms with E-state index in [2.05, 4.69) is 11.9 Å². The first-order valence-electron chi connectivity index (χ1n) is 6.58. The molecular formula is C17H14FNO. The molecule has 0 amide bonds. The smallest absolute Gasteiger partial charge is 0.152 e. The number of aldehydes is 1. The van der Waals surface area contributed by atoms with Crippen molar-refractivity contribution in [1.29, 1.82) is 0 Å². The lowest BCUT2D eigenvalue weighted by Gasteiger charge is -1.99. The van der Waals surface area contributed by atoms with Crippen LogP contribution in [-0.2, 0) is 6.42 Å². The number of aromatic amines is 1. The van der Waals surface area contributed by atoms with E-state index in [1.54, 1.807) is 12.1 Å². The van der Waals surface area contributed by atoms with Crippen LogP contribution in [-0.4, -0.2) is 11.3 Å². The summed E-state index contributed by atoms with van der Waals surface area (Å²) in [7, 11) is 0. The maximum absolute atomic E-state index is 13.0. The molecule has 1 aromatic heterocycles. The molecule has 1 heterocycles. The number of halogens is 1. The molecule has 0 aliphatic heterocycles. The maximum atomic E-state index is 13.0. The molecule has 1 N–H and O–H groups in total. The van der Waals surface area contributed by atoms with Crippen molar-refractivity contribution >= 4 is 17.2 Å². The number of nitrogens with one attached hydrogen (secondary N) is 1. The predicted molar refractivity (Wildman–Crippen MR) is 78.5 cm³/mol. The van der Waals surface area contributed by atoms with Crippen molar-refractivity contribution in [3.05, 3.63) is 59.4 Å². The van der Waals surface area contributed by atoms with Gasteiger partial charge in [-0.2, -0.15) is 0 Å². The zero-order valence-corrected chi connectivity index (χ0v) is 11.1. The van der Waals surface area contributed by atoms with Gasteiger partial charge in [0.15, 0.2) is 6.29 Å². The van der Waals surface area contributed by atoms with Crippen LogP contribution in [0.3, 0.4) is 0 Å². The van der Waals surface area contributed by atoms with Crippen molar-refractivity contribution in [3.63, 3.8) is 0 Å². The molecule has 0 atom stereocenters. The molecule has 20 heavy (non-hydrogen) atoms. The number of H-pyrrole nitrogens is 1. The van der Waals surface area contributed by atoms with Gasteiger partial charge in [-0.1, -0.05) is 13.0 Å². The van der Waals surface area contributed by atoms with E-state index in [0.29, 0.717) is 5.56 Å². The largest absolute Gasteiger partial charge is 0.354 e. The van der Waals surface area contributed by atoms with Crippen LogP contribution in [0.15, 0.2) is 42.5 Å². The fourth-order valence-electron chi connectivity index (χ4n) is 2.45. The van der Waals surface area contributed by atoms with E-state index in [0.717, 1.165) is 34.9 Å². The SMILES string of the molecule is CCc1ccc2[nH]c(-c3ccc(F)cc3)c(C=O)c2c1. The van der Waals surface area contributed by atoms with E-state index < -0.39 is 0 Å². The number of aryl methyl sites for hydroxylation is 1. The highest BCUT2D eigenvalue weighted by Gasteiger charge is 2.12. The van der Waals surface area contributed by atoms with Crippen LogP contribution in [0.2, 0.25) is 0 Å². The Hall–Kier alpha value is -2.42. The van der Waals surface area contributed by atoms with Crippen LogP contribution in [0, 0.1) is 5.82 Å². The first-order chi connectivity index (χ1) is 9.72. The Kier molecular flexibility index (Phi) is 3.11. The van der Waals surface area contributed by atoms with Crippen LogP contribution in [0.5, 0.6) is 0 Å². The van der Waals surface area contributed by atoms with Crippen LogP contribution >= 0.6 is 0 Å². The third-order valence-electron chi connectivity index (χ3n) is 3.56. The summed E-state index contributed by atoms with van der Waals surface area (Å²) in [6, 6.07) is 12.2. The highest BCUT2D eigenvalue weighted by Crippen LogP contribution is 2.30. The average molecular weight is 267 g/mol. The molecule has 2 nitrogen and oxygen atoms in total. The van der Waals surface area contributed by atoms with Gasteiger partial charge in [-0.25, -0.2) is 4.39 Å². The van der Waals surface area contributed by atoms with Crippen LogP contribution in [0.4, 0.5) is 4.39 Å². The average Bonchev–Trinajstić information content (AvgIpc) is 2.85. The molecule has 0 aliphatic rings. The molecule has 0 bridgehead atoms. The van der Waals surface area contributed by atoms with Crippen LogP contribution in [0.25, 0.3) is 22.2 Å². The second-order valence-electron chi connectivity index (χ2n) is 4.77. The number of carbonyl (C=O) groups is 1. The molecule has 0 saturated heterocycles. The Labute approximate surface area is 116 Å². The van der Waals surface area contributed by atoms with Crippen molar-refractivity contribution in [2.45, 2.75) is 13.3 Å². The Morgan fingerprint density at radius 1 is 1.15 bits per heavy atom. The lowest BCUT2D eigenvalue weighted by Crippen LogP contribution is -1.85. The normalized spacial score (nSPS) is 10.9. The number of aromatic nitrogens is 1. The standard InChI is InChI=1S/C17H14FNO/c1-2-11-3-8-16-14(9-11)15(10-20)17(19-16)12-4-6-13(18)7-5-12/h3-10,19H,2H2,1H3. The van der Waals surface area contributed by atoms with E-state index in [1.807, 2.05) is 18.2 Å². The molecule has 0 saturated carbocycles. The summed E-state index contributed by atoms with van der Waals surface area (Å²) in [6.07, 6.45) is 1.78. The monoisotopic (exact) mass is 267 g/mol. The molecule has 0 radical (unpaired) electrons. The van der Waals surface area contributed by atoms with Crippen molar-refractivity contribution in [2.75, 3.05) is 0 Å². The van der Waals surface area contributed by atoms with Gasteiger partial charge in [-0.05, 0) is 53.9 Å². The summed E-state index contributed by atoms with van der Waals surface area (Å²) in [5, 5.41) is 0.915. The summed E-state index contributed by atoms with van der Waals surface area (Å²) in [6.45, 7) is 2.08. The molecule has 0 spiro atoms. The zero-order chi connectivity index (χ0) is 14.1. The van der Waals surface area contributed by atoms with Gasteiger partial charge >= 0.3 is 0 Å². The molecule has 100 valence electrons. The first-order valence-corrected chi connectivity index (χ1v) is 6.58. The molecule has 3 rings (SSSR count). The highest BCUT2D eigenvalue weighted by molar-refractivity contribution is 6.04. The van der Waals surface area contributed by atoms with E-state index >= 15 is 0 Å². The van der Waals surface area contributed by atoms with Gasteiger partial charge < -0.3 is 4.98 Å². The second-order valence-corrected chi connectivity index (χ2v) is 4.77. The third-order valence-corrected chi connectivity index (χ3v) is 3.56. The van der Waals surface area contributed by atoms with Gasteiger partial charge in [-0.3, -0.25) is 4.79 Å². The minimum atomic E-state index is -0.286. The summed E-state index contributed by atoms with van der Waals surface area (Å²) in [5.74, 6) is -0.286. The molecule has 0 unspecified atom stereocenters. The number of benzene rings is 2. The Balaban J connectivity index is 2.25. The quantitative estimate of drug-likeness (QED) is 0.703. The lowest BCUT2D eigenvalue weighted by atomic mass is 10.0. The fraction of sp³-hybridized carbons (Fsp3) is 0.118. The zero-order valence-electron chi connectivity index (χ0n) is 11.1. The predicted octanol–water partition coefficient (Wildman–Crippen LogP) is 4.35. The van der Waals surface area contributed by atoms with E-state index in [9.17, 15) is 9.18 Å². The van der Waals surface area contributed by atoms with Gasteiger partial charge in [0.05, 0.1) is 5.69 Å². The fourth-order valence-corrected chi connectivity index (χ4v) is 2.45. The molecule has 0 fully saturated rings. The van der Waals surface area contributed by atoms with E-state index in [4.69, 9.17) is 0 Å². The minimum Gasteiger partial charge on any atom is -0.354 e. The maximum Gasteiger partial charge on any atom is 0.152 e. The Morgan fingerprint density at radius 2 is 1.90 bits per heavy atom. The molecular weight excluding hydrogens is 253 g/mol. The number of hydrogen-bond donors (Lipinski definition) is 1. The third kappa shape index (κ3) is 2.01. The Bertz CT molecular complexity index is 772. The second kappa shape index (κ2) is 4.93. The first kappa shape index (κ1) is 12.6. The van der Waals surface area contributed by atoms with E-state index in [-0.39, 0.29) is 5.82 Å². The van der Waals surface area contributed by atoms with Crippen molar-refractivity contribution in [2.24, 2.45) is 0 Å². The molecule has 0 aliphatic carbocycles. The van der Waals surface area contributed by atoms with Crippen molar-refractivity contribution in [1.82, 2.24) is 4.98 Å². The summed E-state index contributed by atoms with van der Waals surface area (Å²) in [5.41, 5.74) is 4.28. The minimum absolute atomic E-state index is 0.286. The number of rotatable bonds is 3. The summed E-state index contributed by atoms with van der Waals surface area (Å²) >= 11 is 0. The number of carbonyl (C=O) groups excluding carboxylic acids is 1. The van der Waals surface area contributed by atoms with E-state index in [1.165, 1.54) is 17.7 Å². The van der Waals surface area contributed by atoms with Gasteiger partial charge in [0, 0.05) is 16.5 Å². The lowest BCUT2D eigenvalue weighted by molar-refractivity contribution is 0.112. The topological polar surface area (TPSA) is 32.9 Å². The molecule has 3 aromatic rings. The van der Waals surface area contributed by atoms with Crippen molar-refractivity contribution in [3.8, 4) is 11.3 Å².